The average molecular weight is 270 g/mol. The number of aryl methyl sites for hydroxylation is 1. The van der Waals surface area contributed by atoms with Gasteiger partial charge >= 0.3 is 0 Å². The Kier molecular flexibility index (Phi) is 4.20. The number of rotatable bonds is 4. The first-order chi connectivity index (χ1) is 9.61. The monoisotopic (exact) mass is 270 g/mol. The molecule has 0 spiro atoms. The van der Waals surface area contributed by atoms with Crippen molar-refractivity contribution in [3.63, 3.8) is 0 Å². The molecule has 104 valence electrons. The molecule has 5 heteroatoms. The van der Waals surface area contributed by atoms with E-state index in [4.69, 9.17) is 10.9 Å². The molecule has 0 atom stereocenters. The molecule has 0 unspecified atom stereocenters. The number of anilines is 1. The Morgan fingerprint density at radius 3 is 2.70 bits per heavy atom. The van der Waals surface area contributed by atoms with E-state index < -0.39 is 0 Å². The predicted molar refractivity (Wildman–Crippen MR) is 80.0 cm³/mol. The Bertz CT molecular complexity index is 625. The maximum absolute atomic E-state index is 8.70. The van der Waals surface area contributed by atoms with Crippen LogP contribution in [0.4, 0.5) is 5.82 Å². The van der Waals surface area contributed by atoms with E-state index in [0.29, 0.717) is 5.69 Å². The number of hydrogen-bond acceptors (Lipinski definition) is 4. The number of amidine groups is 1. The summed E-state index contributed by atoms with van der Waals surface area (Å²) in [5.41, 5.74) is 8.50. The lowest BCUT2D eigenvalue weighted by Gasteiger charge is -2.19. The first-order valence-corrected chi connectivity index (χ1v) is 6.32. The number of nitrogens with two attached hydrogens (primary N) is 1. The van der Waals surface area contributed by atoms with Gasteiger partial charge in [0.2, 0.25) is 0 Å². The maximum atomic E-state index is 8.70. The summed E-state index contributed by atoms with van der Waals surface area (Å²) in [4.78, 5) is 6.40. The first-order valence-electron chi connectivity index (χ1n) is 6.32. The number of pyridine rings is 1. The van der Waals surface area contributed by atoms with Gasteiger partial charge in [-0.3, -0.25) is 0 Å². The minimum atomic E-state index is 0.0103. The van der Waals surface area contributed by atoms with Gasteiger partial charge in [-0.15, -0.1) is 0 Å². The van der Waals surface area contributed by atoms with E-state index in [1.54, 1.807) is 6.07 Å². The first kappa shape index (κ1) is 13.9. The smallest absolute Gasteiger partial charge is 0.188 e. The molecule has 0 aliphatic rings. The predicted octanol–water partition coefficient (Wildman–Crippen LogP) is 2.12. The molecule has 0 fully saturated rings. The van der Waals surface area contributed by atoms with Crippen molar-refractivity contribution in [3.05, 3.63) is 59.3 Å². The summed E-state index contributed by atoms with van der Waals surface area (Å²) in [6.45, 7) is 2.84. The highest BCUT2D eigenvalue weighted by molar-refractivity contribution is 5.95. The second kappa shape index (κ2) is 6.06. The molecule has 1 aromatic carbocycles. The van der Waals surface area contributed by atoms with Crippen LogP contribution in [0.5, 0.6) is 0 Å². The Hall–Kier alpha value is -2.56. The third kappa shape index (κ3) is 3.06. The van der Waals surface area contributed by atoms with Crippen molar-refractivity contribution in [1.82, 2.24) is 4.98 Å². The van der Waals surface area contributed by atoms with Gasteiger partial charge in [0.1, 0.15) is 11.5 Å². The fraction of sp³-hybridized carbons (Fsp3) is 0.200. The molecule has 0 saturated carbocycles. The van der Waals surface area contributed by atoms with Crippen LogP contribution in [0.1, 0.15) is 16.8 Å². The van der Waals surface area contributed by atoms with E-state index >= 15 is 0 Å². The number of hydrogen-bond donors (Lipinski definition) is 2. The van der Waals surface area contributed by atoms with Crippen LogP contribution < -0.4 is 10.6 Å². The van der Waals surface area contributed by atoms with Crippen molar-refractivity contribution in [1.29, 1.82) is 0 Å². The highest BCUT2D eigenvalue weighted by Gasteiger charge is 2.08. The van der Waals surface area contributed by atoms with Crippen LogP contribution in [-0.2, 0) is 6.54 Å². The minimum Gasteiger partial charge on any atom is -0.409 e. The van der Waals surface area contributed by atoms with Gasteiger partial charge in [0.15, 0.2) is 5.84 Å². The van der Waals surface area contributed by atoms with Gasteiger partial charge in [-0.2, -0.15) is 0 Å². The third-order valence-corrected chi connectivity index (χ3v) is 3.16. The summed E-state index contributed by atoms with van der Waals surface area (Å²) in [7, 11) is 1.96. The van der Waals surface area contributed by atoms with Crippen molar-refractivity contribution in [2.24, 2.45) is 10.9 Å². The standard InChI is InChI=1S/C15H18N4O/c1-11-6-3-4-7-12(11)10-19(2)14-9-5-8-13(17-14)15(16)18-20/h3-9,20H,10H2,1-2H3,(H2,16,18). The van der Waals surface area contributed by atoms with Crippen LogP contribution in [-0.4, -0.2) is 23.1 Å². The van der Waals surface area contributed by atoms with Gasteiger partial charge in [0.05, 0.1) is 0 Å². The molecular weight excluding hydrogens is 252 g/mol. The Labute approximate surface area is 118 Å². The normalized spacial score (nSPS) is 11.4. The molecule has 2 aromatic rings. The fourth-order valence-electron chi connectivity index (χ4n) is 1.95. The second-order valence-electron chi connectivity index (χ2n) is 4.65. The summed E-state index contributed by atoms with van der Waals surface area (Å²) in [5.74, 6) is 0.786. The van der Waals surface area contributed by atoms with Crippen molar-refractivity contribution < 1.29 is 5.21 Å². The Morgan fingerprint density at radius 2 is 2.00 bits per heavy atom. The summed E-state index contributed by atoms with van der Waals surface area (Å²) < 4.78 is 0. The zero-order valence-electron chi connectivity index (χ0n) is 11.6. The van der Waals surface area contributed by atoms with Crippen LogP contribution in [0.25, 0.3) is 0 Å². The lowest BCUT2D eigenvalue weighted by molar-refractivity contribution is 0.318. The molecule has 20 heavy (non-hydrogen) atoms. The van der Waals surface area contributed by atoms with Gasteiger partial charge < -0.3 is 15.8 Å². The van der Waals surface area contributed by atoms with Gasteiger partial charge in [0, 0.05) is 13.6 Å². The van der Waals surface area contributed by atoms with Crippen molar-refractivity contribution in [2.75, 3.05) is 11.9 Å². The van der Waals surface area contributed by atoms with Crippen LogP contribution in [0.15, 0.2) is 47.6 Å². The Morgan fingerprint density at radius 1 is 1.25 bits per heavy atom. The van der Waals surface area contributed by atoms with Gasteiger partial charge in [-0.05, 0) is 30.2 Å². The Balaban J connectivity index is 2.21. The van der Waals surface area contributed by atoms with Gasteiger partial charge in [-0.1, -0.05) is 35.5 Å². The molecule has 2 rings (SSSR count). The van der Waals surface area contributed by atoms with Crippen LogP contribution >= 0.6 is 0 Å². The molecule has 0 aliphatic carbocycles. The molecule has 1 aromatic heterocycles. The van der Waals surface area contributed by atoms with E-state index in [-0.39, 0.29) is 5.84 Å². The number of aromatic nitrogens is 1. The molecule has 0 bridgehead atoms. The van der Waals surface area contributed by atoms with Gasteiger partial charge in [-0.25, -0.2) is 4.98 Å². The van der Waals surface area contributed by atoms with Crippen molar-refractivity contribution in [2.45, 2.75) is 13.5 Å². The van der Waals surface area contributed by atoms with E-state index in [1.807, 2.05) is 36.2 Å². The lowest BCUT2D eigenvalue weighted by Crippen LogP contribution is -2.21. The van der Waals surface area contributed by atoms with Crippen molar-refractivity contribution >= 4 is 11.7 Å². The minimum absolute atomic E-state index is 0.0103. The molecule has 0 radical (unpaired) electrons. The fourth-order valence-corrected chi connectivity index (χ4v) is 1.95. The maximum Gasteiger partial charge on any atom is 0.188 e. The molecular formula is C15H18N4O. The number of oxime groups is 1. The highest BCUT2D eigenvalue weighted by Crippen LogP contribution is 2.15. The van der Waals surface area contributed by atoms with Crippen LogP contribution in [0.2, 0.25) is 0 Å². The van der Waals surface area contributed by atoms with Crippen LogP contribution in [0.3, 0.4) is 0 Å². The van der Waals surface area contributed by atoms with E-state index in [0.717, 1.165) is 12.4 Å². The second-order valence-corrected chi connectivity index (χ2v) is 4.65. The zero-order valence-corrected chi connectivity index (χ0v) is 11.6. The average Bonchev–Trinajstić information content (AvgIpc) is 2.49. The quantitative estimate of drug-likeness (QED) is 0.386. The molecule has 0 amide bonds. The largest absolute Gasteiger partial charge is 0.409 e. The summed E-state index contributed by atoms with van der Waals surface area (Å²) in [5, 5.41) is 11.7. The number of nitrogens with zero attached hydrogens (tertiary/aromatic N) is 3. The van der Waals surface area contributed by atoms with E-state index in [9.17, 15) is 0 Å². The topological polar surface area (TPSA) is 74.7 Å². The summed E-state index contributed by atoms with van der Waals surface area (Å²) >= 11 is 0. The summed E-state index contributed by atoms with van der Waals surface area (Å²) in [6.07, 6.45) is 0. The lowest BCUT2D eigenvalue weighted by atomic mass is 10.1. The van der Waals surface area contributed by atoms with Gasteiger partial charge in [0.25, 0.3) is 0 Å². The molecule has 5 nitrogen and oxygen atoms in total. The SMILES string of the molecule is Cc1ccccc1CN(C)c1cccc(C(N)=NO)n1. The molecule has 3 N–H and O–H groups in total. The molecule has 0 saturated heterocycles. The van der Waals surface area contributed by atoms with E-state index in [2.05, 4.69) is 29.2 Å². The molecule has 1 heterocycles. The third-order valence-electron chi connectivity index (χ3n) is 3.16. The van der Waals surface area contributed by atoms with Crippen molar-refractivity contribution in [3.8, 4) is 0 Å². The number of benzene rings is 1. The van der Waals surface area contributed by atoms with E-state index in [1.165, 1.54) is 11.1 Å². The zero-order chi connectivity index (χ0) is 14.5. The highest BCUT2D eigenvalue weighted by atomic mass is 16.4. The summed E-state index contributed by atoms with van der Waals surface area (Å²) in [6, 6.07) is 13.7. The molecule has 0 aliphatic heterocycles. The van der Waals surface area contributed by atoms with Crippen LogP contribution in [0, 0.1) is 6.92 Å².